The highest BCUT2D eigenvalue weighted by atomic mass is 16.5. The summed E-state index contributed by atoms with van der Waals surface area (Å²) in [6, 6.07) is 18.4. The number of nitrogens with one attached hydrogen (secondary N) is 3. The number of hydrogen-bond donors (Lipinski definition) is 9. The van der Waals surface area contributed by atoms with Gasteiger partial charge in [0.25, 0.3) is 5.97 Å². The van der Waals surface area contributed by atoms with Gasteiger partial charge in [-0.3, -0.25) is 19.4 Å². The van der Waals surface area contributed by atoms with E-state index in [0.717, 1.165) is 18.1 Å². The van der Waals surface area contributed by atoms with Crippen LogP contribution in [0.1, 0.15) is 47.9 Å². The zero-order valence-electron chi connectivity index (χ0n) is 29.5. The van der Waals surface area contributed by atoms with Crippen LogP contribution in [-0.2, 0) is 36.9 Å². The van der Waals surface area contributed by atoms with Crippen molar-refractivity contribution in [3.8, 4) is 11.5 Å². The number of nitrogens with zero attached hydrogens (tertiary/aromatic N) is 1. The molecule has 0 aliphatic carbocycles. The second-order valence-electron chi connectivity index (χ2n) is 11.5. The van der Waals surface area contributed by atoms with Gasteiger partial charge < -0.3 is 57.9 Å². The number of aliphatic imine (C=N–C) groups is 1. The lowest BCUT2D eigenvalue weighted by atomic mass is 9.90. The second-order valence-corrected chi connectivity index (χ2v) is 11.5. The molecule has 3 rings (SSSR count). The number of carbonyl (C=O) groups is 6. The summed E-state index contributed by atoms with van der Waals surface area (Å²) in [4.78, 5) is 73.2. The largest absolute Gasteiger partial charge is 0.482 e. The Balaban J connectivity index is 0.00000239. The second kappa shape index (κ2) is 22.9. The van der Waals surface area contributed by atoms with E-state index >= 15 is 0 Å². The third-order valence-corrected chi connectivity index (χ3v) is 7.19. The maximum absolute atomic E-state index is 14.0. The summed E-state index contributed by atoms with van der Waals surface area (Å²) < 4.78 is 10.5. The van der Waals surface area contributed by atoms with Crippen molar-refractivity contribution in [2.45, 2.75) is 44.7 Å². The number of nitrogens with two attached hydrogens (primary N) is 3. The van der Waals surface area contributed by atoms with Crippen molar-refractivity contribution in [1.29, 1.82) is 0 Å². The van der Waals surface area contributed by atoms with E-state index in [2.05, 4.69) is 20.9 Å². The first kappa shape index (κ1) is 43.3. The predicted octanol–water partition coefficient (Wildman–Crippen LogP) is 0.902. The minimum atomic E-state index is -1.15. The molecular formula is C36H45N7O11. The summed E-state index contributed by atoms with van der Waals surface area (Å²) in [5, 5.41) is 33.5. The van der Waals surface area contributed by atoms with Crippen LogP contribution < -0.4 is 42.6 Å². The van der Waals surface area contributed by atoms with Crippen LogP contribution in [0.4, 0.5) is 4.79 Å². The predicted molar refractivity (Wildman–Crippen MR) is 196 cm³/mol. The van der Waals surface area contributed by atoms with Crippen molar-refractivity contribution in [2.75, 3.05) is 26.3 Å². The van der Waals surface area contributed by atoms with Crippen LogP contribution >= 0.6 is 0 Å². The van der Waals surface area contributed by atoms with Crippen LogP contribution in [0.5, 0.6) is 11.5 Å². The third kappa shape index (κ3) is 17.4. The Bertz CT molecular complexity index is 1660. The molecule has 0 aromatic heterocycles. The Labute approximate surface area is 310 Å². The van der Waals surface area contributed by atoms with Crippen LogP contribution in [0, 0.1) is 0 Å². The van der Waals surface area contributed by atoms with Crippen molar-refractivity contribution in [3.63, 3.8) is 0 Å². The van der Waals surface area contributed by atoms with Gasteiger partial charge in [-0.1, -0.05) is 48.5 Å². The lowest BCUT2D eigenvalue weighted by Gasteiger charge is -2.23. The number of carbonyl (C=O) groups excluding carboxylic acids is 3. The number of hydrogen-bond acceptors (Lipinski definition) is 9. The number of guanidine groups is 1. The van der Waals surface area contributed by atoms with Crippen molar-refractivity contribution < 1.29 is 53.6 Å². The van der Waals surface area contributed by atoms with Gasteiger partial charge in [-0.25, -0.2) is 14.4 Å². The Morgan fingerprint density at radius 1 is 0.704 bits per heavy atom. The number of aliphatic carboxylic acids is 3. The number of benzene rings is 3. The molecule has 0 fully saturated rings. The van der Waals surface area contributed by atoms with Gasteiger partial charge in [0.1, 0.15) is 17.5 Å². The molecule has 0 bridgehead atoms. The highest BCUT2D eigenvalue weighted by Crippen LogP contribution is 2.29. The maximum Gasteiger partial charge on any atom is 0.341 e. The van der Waals surface area contributed by atoms with E-state index in [9.17, 15) is 24.0 Å². The molecule has 0 unspecified atom stereocenters. The summed E-state index contributed by atoms with van der Waals surface area (Å²) in [5.74, 6) is -4.53. The van der Waals surface area contributed by atoms with E-state index in [4.69, 9.17) is 46.8 Å². The molecule has 18 heteroatoms. The van der Waals surface area contributed by atoms with Gasteiger partial charge in [0.15, 0.2) is 19.2 Å². The molecule has 3 aromatic carbocycles. The normalized spacial score (nSPS) is 10.8. The summed E-state index contributed by atoms with van der Waals surface area (Å²) >= 11 is 0. The van der Waals surface area contributed by atoms with E-state index in [0.29, 0.717) is 30.5 Å². The van der Waals surface area contributed by atoms with Crippen LogP contribution in [0.25, 0.3) is 0 Å². The SMILES string of the molecule is CC(=O)O.NC(=O)NCc1ccc(CCNC(=O)[C@@H](CCCN=C(N)N)NC(=O)C(c2ccc(OCC(=O)O)cc2)c2ccc(OCC(=O)O)cc2)cc1. The summed E-state index contributed by atoms with van der Waals surface area (Å²) in [6.07, 6.45) is 1.10. The average Bonchev–Trinajstić information content (AvgIpc) is 3.11. The van der Waals surface area contributed by atoms with E-state index in [1.165, 1.54) is 24.3 Å². The van der Waals surface area contributed by atoms with Gasteiger partial charge in [-0.05, 0) is 65.8 Å². The first-order valence-corrected chi connectivity index (χ1v) is 16.5. The molecule has 0 saturated heterocycles. The van der Waals surface area contributed by atoms with Crippen molar-refractivity contribution in [3.05, 3.63) is 95.1 Å². The molecule has 290 valence electrons. The third-order valence-electron chi connectivity index (χ3n) is 7.19. The van der Waals surface area contributed by atoms with Crippen molar-refractivity contribution in [1.82, 2.24) is 16.0 Å². The molecule has 4 amide bonds. The Morgan fingerprint density at radius 3 is 1.63 bits per heavy atom. The number of amides is 4. The summed E-state index contributed by atoms with van der Waals surface area (Å²) in [7, 11) is 0. The van der Waals surface area contributed by atoms with Gasteiger partial charge in [-0.15, -0.1) is 0 Å². The minimum absolute atomic E-state index is 0.0990. The number of urea groups is 1. The summed E-state index contributed by atoms with van der Waals surface area (Å²) in [5.41, 5.74) is 18.8. The number of primary amides is 1. The molecule has 0 aliphatic rings. The van der Waals surface area contributed by atoms with Crippen LogP contribution in [0.2, 0.25) is 0 Å². The molecular weight excluding hydrogens is 706 g/mol. The zero-order valence-corrected chi connectivity index (χ0v) is 29.5. The van der Waals surface area contributed by atoms with E-state index < -0.39 is 60.9 Å². The molecule has 0 aliphatic heterocycles. The van der Waals surface area contributed by atoms with E-state index in [-0.39, 0.29) is 37.0 Å². The molecule has 54 heavy (non-hydrogen) atoms. The molecule has 3 aromatic rings. The molecule has 12 N–H and O–H groups in total. The van der Waals surface area contributed by atoms with Gasteiger partial charge in [0, 0.05) is 26.6 Å². The van der Waals surface area contributed by atoms with Gasteiger partial charge in [-0.2, -0.15) is 0 Å². The first-order valence-electron chi connectivity index (χ1n) is 16.5. The molecule has 0 saturated carbocycles. The number of rotatable bonds is 20. The first-order chi connectivity index (χ1) is 25.6. The molecule has 1 atom stereocenters. The van der Waals surface area contributed by atoms with Gasteiger partial charge in [0.05, 0.1) is 5.92 Å². The Hall–Kier alpha value is -6.85. The lowest BCUT2D eigenvalue weighted by molar-refractivity contribution is -0.140. The van der Waals surface area contributed by atoms with Gasteiger partial charge in [0.2, 0.25) is 11.8 Å². The fourth-order valence-corrected chi connectivity index (χ4v) is 4.79. The van der Waals surface area contributed by atoms with Crippen LogP contribution in [0.15, 0.2) is 77.8 Å². The maximum atomic E-state index is 14.0. The number of carboxylic acids is 3. The Kier molecular flexibility index (Phi) is 18.3. The molecule has 0 radical (unpaired) electrons. The Morgan fingerprint density at radius 2 is 1.19 bits per heavy atom. The smallest absolute Gasteiger partial charge is 0.341 e. The fraction of sp³-hybridized carbons (Fsp3) is 0.306. The summed E-state index contributed by atoms with van der Waals surface area (Å²) in [6.45, 7) is 0.795. The van der Waals surface area contributed by atoms with Crippen molar-refractivity contribution >= 4 is 41.7 Å². The van der Waals surface area contributed by atoms with Crippen LogP contribution in [0.3, 0.4) is 0 Å². The highest BCUT2D eigenvalue weighted by Gasteiger charge is 2.28. The minimum Gasteiger partial charge on any atom is -0.482 e. The van der Waals surface area contributed by atoms with Crippen LogP contribution in [-0.4, -0.2) is 89.4 Å². The topological polar surface area (TPSA) is 308 Å². The number of carboxylic acid groups (broad SMARTS) is 3. The van der Waals surface area contributed by atoms with Crippen molar-refractivity contribution in [2.24, 2.45) is 22.2 Å². The molecule has 0 heterocycles. The van der Waals surface area contributed by atoms with E-state index in [1.54, 1.807) is 24.3 Å². The lowest BCUT2D eigenvalue weighted by Crippen LogP contribution is -2.48. The quantitative estimate of drug-likeness (QED) is 0.0441. The molecule has 18 nitrogen and oxygen atoms in total. The monoisotopic (exact) mass is 751 g/mol. The number of ether oxygens (including phenoxy) is 2. The van der Waals surface area contributed by atoms with Gasteiger partial charge >= 0.3 is 18.0 Å². The highest BCUT2D eigenvalue weighted by molar-refractivity contribution is 5.92. The molecule has 0 spiro atoms. The standard InChI is InChI=1S/C34H41N7O9.C2H4O2/c35-33(36)39-16-1-2-27(31(46)38-17-15-21-3-5-22(6-4-21)18-40-34(37)48)41-32(47)30(23-7-11-25(12-8-23)49-19-28(42)43)24-9-13-26(14-10-24)50-20-29(44)45;1-2(3)4/h3-14,27,30H,1-2,15-20H2,(H,38,46)(H,41,47)(H,42,43)(H,44,45)(H4,35,36,39)(H3,37,40,48);1H3,(H,3,4)/t27-;/m1./s1. The zero-order chi connectivity index (χ0) is 40.0. The average molecular weight is 752 g/mol. The van der Waals surface area contributed by atoms with E-state index in [1.807, 2.05) is 24.3 Å². The fourth-order valence-electron chi connectivity index (χ4n) is 4.79.